The normalized spacial score (nSPS) is 11.6. The average Bonchev–Trinajstić information content (AvgIpc) is 2.30. The van der Waals surface area contributed by atoms with Crippen LogP contribution in [0.25, 0.3) is 10.4 Å². The van der Waals surface area contributed by atoms with E-state index in [1.807, 2.05) is 0 Å². The van der Waals surface area contributed by atoms with Crippen LogP contribution in [0.4, 0.5) is 5.69 Å². The molecule has 0 aromatic heterocycles. The summed E-state index contributed by atoms with van der Waals surface area (Å²) in [6, 6.07) is 4.88. The molecule has 0 aliphatic rings. The molecule has 0 fully saturated rings. The summed E-state index contributed by atoms with van der Waals surface area (Å²) in [6.07, 6.45) is 0.715. The van der Waals surface area contributed by atoms with Crippen LogP contribution in [0.5, 0.6) is 5.75 Å². The van der Waals surface area contributed by atoms with Crippen molar-refractivity contribution in [3.63, 3.8) is 0 Å². The molecule has 0 aliphatic carbocycles. The van der Waals surface area contributed by atoms with Gasteiger partial charge in [-0.25, -0.2) is 0 Å². The molecule has 102 valence electrons. The highest BCUT2D eigenvalue weighted by Crippen LogP contribution is 2.40. The van der Waals surface area contributed by atoms with Crippen molar-refractivity contribution in [2.24, 2.45) is 5.11 Å². The van der Waals surface area contributed by atoms with Crippen LogP contribution in [-0.4, -0.2) is 14.6 Å². The minimum absolute atomic E-state index is 0.0456. The van der Waals surface area contributed by atoms with Crippen molar-refractivity contribution < 1.29 is 9.22 Å². The number of azide groups is 1. The predicted octanol–water partition coefficient (Wildman–Crippen LogP) is 4.82. The minimum Gasteiger partial charge on any atom is -0.543 e. The van der Waals surface area contributed by atoms with E-state index in [1.165, 1.54) is 6.07 Å². The monoisotopic (exact) mass is 277 g/mol. The van der Waals surface area contributed by atoms with Crippen LogP contribution >= 0.6 is 0 Å². The van der Waals surface area contributed by atoms with Crippen LogP contribution in [-0.2, 0) is 0 Å². The molecule has 5 nitrogen and oxygen atoms in total. The van der Waals surface area contributed by atoms with Crippen LogP contribution in [0.15, 0.2) is 23.3 Å². The van der Waals surface area contributed by atoms with Gasteiger partial charge in [0.25, 0.3) is 0 Å². The zero-order valence-corrected chi connectivity index (χ0v) is 13.0. The van der Waals surface area contributed by atoms with E-state index in [0.29, 0.717) is 23.3 Å². The molecule has 0 amide bonds. The number of benzene rings is 1. The van der Waals surface area contributed by atoms with Crippen molar-refractivity contribution in [1.29, 1.82) is 0 Å². The molecule has 1 aromatic rings. The molecular weight excluding hydrogens is 258 g/mol. The smallest absolute Gasteiger partial charge is 0.250 e. The molecule has 1 rings (SSSR count). The summed E-state index contributed by atoms with van der Waals surface area (Å²) in [5, 5.41) is 3.65. The van der Waals surface area contributed by atoms with Gasteiger partial charge in [0.15, 0.2) is 0 Å². The van der Waals surface area contributed by atoms with Gasteiger partial charge < -0.3 is 4.43 Å². The van der Waals surface area contributed by atoms with Crippen LogP contribution in [0.1, 0.15) is 31.1 Å². The Labute approximate surface area is 114 Å². The molecule has 19 heavy (non-hydrogen) atoms. The van der Waals surface area contributed by atoms with E-state index >= 15 is 0 Å². The molecule has 0 saturated carbocycles. The Morgan fingerprint density at radius 1 is 1.37 bits per heavy atom. The van der Waals surface area contributed by atoms with Gasteiger partial charge >= 0.3 is 0 Å². The maximum atomic E-state index is 10.8. The number of hydrogen-bond donors (Lipinski definition) is 0. The van der Waals surface area contributed by atoms with Gasteiger partial charge in [0.1, 0.15) is 12.0 Å². The Balaban J connectivity index is 3.21. The maximum Gasteiger partial charge on any atom is 0.250 e. The van der Waals surface area contributed by atoms with Gasteiger partial charge in [0.05, 0.1) is 5.69 Å². The van der Waals surface area contributed by atoms with Crippen molar-refractivity contribution >= 4 is 20.3 Å². The van der Waals surface area contributed by atoms with Crippen molar-refractivity contribution in [3.05, 3.63) is 34.2 Å². The number of carbonyl (C=O) groups is 1. The van der Waals surface area contributed by atoms with Crippen LogP contribution in [0.2, 0.25) is 18.1 Å². The second kappa shape index (κ2) is 5.46. The summed E-state index contributed by atoms with van der Waals surface area (Å²) in [7, 11) is -2.01. The summed E-state index contributed by atoms with van der Waals surface area (Å²) in [5.74, 6) is 0.537. The van der Waals surface area contributed by atoms with Gasteiger partial charge in [0.2, 0.25) is 8.32 Å². The Morgan fingerprint density at radius 3 is 2.47 bits per heavy atom. The Hall–Kier alpha value is -1.78. The molecule has 0 radical (unpaired) electrons. The molecule has 1 aromatic carbocycles. The fourth-order valence-electron chi connectivity index (χ4n) is 1.25. The van der Waals surface area contributed by atoms with E-state index in [9.17, 15) is 4.79 Å². The fraction of sp³-hybridized carbons (Fsp3) is 0.462. The van der Waals surface area contributed by atoms with Crippen LogP contribution in [0, 0.1) is 0 Å². The molecule has 0 unspecified atom stereocenters. The Bertz CT molecular complexity index is 529. The van der Waals surface area contributed by atoms with E-state index < -0.39 is 8.32 Å². The quantitative estimate of drug-likeness (QED) is 0.260. The Morgan fingerprint density at radius 2 is 2.00 bits per heavy atom. The molecule has 0 saturated heterocycles. The van der Waals surface area contributed by atoms with Crippen LogP contribution in [0.3, 0.4) is 0 Å². The van der Waals surface area contributed by atoms with Gasteiger partial charge in [0, 0.05) is 10.5 Å². The fourth-order valence-corrected chi connectivity index (χ4v) is 2.28. The Kier molecular flexibility index (Phi) is 4.39. The van der Waals surface area contributed by atoms with E-state index in [2.05, 4.69) is 43.9 Å². The summed E-state index contributed by atoms with van der Waals surface area (Å²) in [6.45, 7) is 10.6. The lowest BCUT2D eigenvalue weighted by Crippen LogP contribution is -2.43. The molecule has 0 aliphatic heterocycles. The first-order valence-corrected chi connectivity index (χ1v) is 8.95. The molecule has 6 heteroatoms. The third-order valence-corrected chi connectivity index (χ3v) is 7.79. The number of rotatable bonds is 4. The second-order valence-corrected chi connectivity index (χ2v) is 10.6. The van der Waals surface area contributed by atoms with Gasteiger partial charge in [-0.05, 0) is 41.9 Å². The number of nitrogens with zero attached hydrogens (tertiary/aromatic N) is 3. The molecule has 0 atom stereocenters. The summed E-state index contributed by atoms with van der Waals surface area (Å²) in [4.78, 5) is 13.5. The predicted molar refractivity (Wildman–Crippen MR) is 78.5 cm³/mol. The van der Waals surface area contributed by atoms with Crippen molar-refractivity contribution in [3.8, 4) is 5.75 Å². The molecular formula is C13H19N3O2Si. The van der Waals surface area contributed by atoms with Gasteiger partial charge in [-0.15, -0.1) is 0 Å². The second-order valence-electron chi connectivity index (χ2n) is 5.90. The zero-order chi connectivity index (χ0) is 14.7. The van der Waals surface area contributed by atoms with E-state index in [-0.39, 0.29) is 5.04 Å². The number of carbonyl (C=O) groups excluding carboxylic acids is 1. The topological polar surface area (TPSA) is 75.1 Å². The van der Waals surface area contributed by atoms with Crippen molar-refractivity contribution in [2.75, 3.05) is 0 Å². The highest BCUT2D eigenvalue weighted by atomic mass is 28.4. The van der Waals surface area contributed by atoms with Gasteiger partial charge in [-0.2, -0.15) is 0 Å². The first kappa shape index (κ1) is 15.3. The largest absolute Gasteiger partial charge is 0.543 e. The zero-order valence-electron chi connectivity index (χ0n) is 12.0. The summed E-state index contributed by atoms with van der Waals surface area (Å²) in [5.41, 5.74) is 9.41. The first-order valence-electron chi connectivity index (χ1n) is 6.04. The van der Waals surface area contributed by atoms with E-state index in [4.69, 9.17) is 9.96 Å². The lowest BCUT2D eigenvalue weighted by molar-refractivity contribution is 0.112. The highest BCUT2D eigenvalue weighted by molar-refractivity contribution is 6.74. The van der Waals surface area contributed by atoms with Crippen molar-refractivity contribution in [2.45, 2.75) is 38.9 Å². The summed E-state index contributed by atoms with van der Waals surface area (Å²) >= 11 is 0. The maximum absolute atomic E-state index is 10.8. The van der Waals surface area contributed by atoms with Crippen LogP contribution < -0.4 is 4.43 Å². The lowest BCUT2D eigenvalue weighted by atomic mass is 10.2. The highest BCUT2D eigenvalue weighted by Gasteiger charge is 2.39. The van der Waals surface area contributed by atoms with E-state index in [1.54, 1.807) is 12.1 Å². The number of hydrogen-bond acceptors (Lipinski definition) is 3. The average molecular weight is 277 g/mol. The molecule has 0 N–H and O–H groups in total. The third-order valence-electron chi connectivity index (χ3n) is 3.44. The SMILES string of the molecule is CC(C)(C)[Si](C)(C)Oc1ccc(C=O)cc1N=[N+]=[N-]. The van der Waals surface area contributed by atoms with Gasteiger partial charge in [-0.1, -0.05) is 25.9 Å². The van der Waals surface area contributed by atoms with Crippen molar-refractivity contribution in [1.82, 2.24) is 0 Å². The third kappa shape index (κ3) is 3.59. The minimum atomic E-state index is -2.01. The lowest BCUT2D eigenvalue weighted by Gasteiger charge is -2.36. The molecule has 0 spiro atoms. The van der Waals surface area contributed by atoms with Gasteiger partial charge in [-0.3, -0.25) is 4.79 Å². The first-order chi connectivity index (χ1) is 8.71. The summed E-state index contributed by atoms with van der Waals surface area (Å²) < 4.78 is 6.11. The molecule has 0 bridgehead atoms. The standard InChI is InChI=1S/C13H19N3O2Si/c1-13(2,3)19(4,5)18-12-7-6-10(9-17)8-11(12)15-16-14/h6-9H,1-5H3. The van der Waals surface area contributed by atoms with E-state index in [0.717, 1.165) is 0 Å². The molecule has 0 heterocycles. The number of aldehydes is 1.